The lowest BCUT2D eigenvalue weighted by molar-refractivity contribution is 0.0375. The van der Waals surface area contributed by atoms with Crippen LogP contribution in [0.2, 0.25) is 0 Å². The van der Waals surface area contributed by atoms with Crippen LogP contribution in [-0.2, 0) is 4.74 Å². The van der Waals surface area contributed by atoms with Crippen molar-refractivity contribution < 1.29 is 19.4 Å². The number of aliphatic hydroxyl groups is 1. The number of hydrogen-bond donors (Lipinski definition) is 3. The summed E-state index contributed by atoms with van der Waals surface area (Å²) in [5, 5.41) is 15.7. The summed E-state index contributed by atoms with van der Waals surface area (Å²) in [6, 6.07) is 14.5. The van der Waals surface area contributed by atoms with Gasteiger partial charge in [0, 0.05) is 18.7 Å². The third kappa shape index (κ3) is 9.13. The molecule has 1 heterocycles. The van der Waals surface area contributed by atoms with Gasteiger partial charge in [0.15, 0.2) is 0 Å². The molecule has 0 saturated carbocycles. The minimum atomic E-state index is -0.684. The van der Waals surface area contributed by atoms with E-state index >= 15 is 0 Å². The topological polar surface area (TPSA) is 90.9 Å². The van der Waals surface area contributed by atoms with Crippen molar-refractivity contribution in [2.24, 2.45) is 0 Å². The molecule has 0 spiro atoms. The molecule has 2 aromatic rings. The van der Waals surface area contributed by atoms with Crippen molar-refractivity contribution in [2.45, 2.75) is 65.1 Å². The highest BCUT2D eigenvalue weighted by Crippen LogP contribution is 2.24. The Morgan fingerprint density at radius 3 is 2.19 bits per heavy atom. The molecule has 2 amide bonds. The van der Waals surface area contributed by atoms with Gasteiger partial charge in [0.1, 0.15) is 5.60 Å². The van der Waals surface area contributed by atoms with Gasteiger partial charge in [0.2, 0.25) is 0 Å². The van der Waals surface area contributed by atoms with Crippen molar-refractivity contribution in [3.8, 4) is 0 Å². The summed E-state index contributed by atoms with van der Waals surface area (Å²) in [6.45, 7) is 11.7. The van der Waals surface area contributed by atoms with Crippen LogP contribution >= 0.6 is 0 Å². The Morgan fingerprint density at radius 2 is 1.58 bits per heavy atom. The predicted octanol–water partition coefficient (Wildman–Crippen LogP) is 5.93. The van der Waals surface area contributed by atoms with Crippen LogP contribution in [0.15, 0.2) is 54.1 Å². The second-order valence-corrected chi connectivity index (χ2v) is 11.0. The molecule has 7 nitrogen and oxygen atoms in total. The van der Waals surface area contributed by atoms with Gasteiger partial charge in [-0.3, -0.25) is 10.1 Å². The van der Waals surface area contributed by atoms with Crippen LogP contribution in [-0.4, -0.2) is 52.8 Å². The van der Waals surface area contributed by atoms with Crippen molar-refractivity contribution in [2.75, 3.05) is 30.3 Å². The molecule has 0 aromatic heterocycles. The molecule has 0 atom stereocenters. The second kappa shape index (κ2) is 11.7. The molecule has 7 heteroatoms. The van der Waals surface area contributed by atoms with Gasteiger partial charge >= 0.3 is 6.09 Å². The van der Waals surface area contributed by atoms with E-state index in [1.807, 2.05) is 38.1 Å². The molecule has 36 heavy (non-hydrogen) atoms. The molecule has 3 rings (SSSR count). The number of hydrogen-bond acceptors (Lipinski definition) is 5. The number of nitrogens with one attached hydrogen (secondary N) is 2. The number of benzene rings is 2. The Labute approximate surface area is 214 Å². The third-order valence-corrected chi connectivity index (χ3v) is 5.69. The summed E-state index contributed by atoms with van der Waals surface area (Å²) in [5.41, 5.74) is 2.63. The van der Waals surface area contributed by atoms with E-state index in [1.54, 1.807) is 45.0 Å². The maximum atomic E-state index is 12.9. The fourth-order valence-electron chi connectivity index (χ4n) is 4.19. The monoisotopic (exact) mass is 493 g/mol. The van der Waals surface area contributed by atoms with Gasteiger partial charge < -0.3 is 20.1 Å². The van der Waals surface area contributed by atoms with Gasteiger partial charge in [-0.05, 0) is 90.3 Å². The molecule has 1 saturated heterocycles. The molecule has 0 radical (unpaired) electrons. The number of nitrogens with zero attached hydrogens (tertiary/aromatic N) is 1. The molecule has 3 N–H and O–H groups in total. The quantitative estimate of drug-likeness (QED) is 0.464. The van der Waals surface area contributed by atoms with E-state index in [4.69, 9.17) is 4.74 Å². The SMILES string of the molecule is CC(C)(O)CN1CCC/C(=C\c2ccc(C(=O)Nc3ccccc3NC(=O)OC(C)(C)C)cc2)CC1. The Balaban J connectivity index is 1.62. The number of amides is 2. The van der Waals surface area contributed by atoms with E-state index in [2.05, 4.69) is 21.6 Å². The lowest BCUT2D eigenvalue weighted by Crippen LogP contribution is -2.39. The number of rotatable bonds is 6. The number of anilines is 2. The average Bonchev–Trinajstić information content (AvgIpc) is 2.98. The van der Waals surface area contributed by atoms with Crippen molar-refractivity contribution in [3.05, 3.63) is 65.2 Å². The van der Waals surface area contributed by atoms with Gasteiger partial charge in [-0.15, -0.1) is 0 Å². The zero-order valence-electron chi connectivity index (χ0n) is 22.1. The fourth-order valence-corrected chi connectivity index (χ4v) is 4.19. The van der Waals surface area contributed by atoms with Gasteiger partial charge in [-0.25, -0.2) is 4.79 Å². The summed E-state index contributed by atoms with van der Waals surface area (Å²) >= 11 is 0. The number of para-hydroxylation sites is 2. The van der Waals surface area contributed by atoms with E-state index < -0.39 is 17.3 Å². The van der Waals surface area contributed by atoms with Crippen molar-refractivity contribution in [3.63, 3.8) is 0 Å². The van der Waals surface area contributed by atoms with Crippen molar-refractivity contribution >= 4 is 29.5 Å². The first-order chi connectivity index (χ1) is 16.9. The number of likely N-dealkylation sites (tertiary alicyclic amines) is 1. The van der Waals surface area contributed by atoms with E-state index in [9.17, 15) is 14.7 Å². The highest BCUT2D eigenvalue weighted by atomic mass is 16.6. The van der Waals surface area contributed by atoms with E-state index in [1.165, 1.54) is 5.57 Å². The first-order valence-corrected chi connectivity index (χ1v) is 12.5. The predicted molar refractivity (Wildman–Crippen MR) is 145 cm³/mol. The van der Waals surface area contributed by atoms with E-state index in [0.29, 0.717) is 23.5 Å². The van der Waals surface area contributed by atoms with Gasteiger partial charge in [0.05, 0.1) is 17.0 Å². The van der Waals surface area contributed by atoms with E-state index in [0.717, 1.165) is 37.9 Å². The smallest absolute Gasteiger partial charge is 0.412 e. The molecule has 194 valence electrons. The van der Waals surface area contributed by atoms with Crippen LogP contribution in [0.25, 0.3) is 6.08 Å². The number of carbonyl (C=O) groups is 2. The van der Waals surface area contributed by atoms with Crippen LogP contribution < -0.4 is 10.6 Å². The maximum absolute atomic E-state index is 12.9. The summed E-state index contributed by atoms with van der Waals surface area (Å²) in [6.07, 6.45) is 4.70. The largest absolute Gasteiger partial charge is 0.444 e. The summed E-state index contributed by atoms with van der Waals surface area (Å²) in [4.78, 5) is 27.4. The summed E-state index contributed by atoms with van der Waals surface area (Å²) in [5.74, 6) is -0.260. The van der Waals surface area contributed by atoms with Crippen LogP contribution in [0.5, 0.6) is 0 Å². The molecule has 1 aliphatic rings. The molecule has 2 aromatic carbocycles. The highest BCUT2D eigenvalue weighted by molar-refractivity contribution is 6.07. The molecule has 0 unspecified atom stereocenters. The molecule has 1 aliphatic heterocycles. The highest BCUT2D eigenvalue weighted by Gasteiger charge is 2.20. The molecule has 0 bridgehead atoms. The average molecular weight is 494 g/mol. The van der Waals surface area contributed by atoms with Gasteiger partial charge in [-0.1, -0.05) is 35.9 Å². The Morgan fingerprint density at radius 1 is 0.944 bits per heavy atom. The molecular weight excluding hydrogens is 454 g/mol. The zero-order valence-corrected chi connectivity index (χ0v) is 22.1. The standard InChI is InChI=1S/C29H39N3O4/c1-28(2,3)36-27(34)31-25-11-7-6-10-24(25)30-26(33)23-14-12-22(13-15-23)19-21-9-8-17-32(18-16-21)20-29(4,5)35/h6-7,10-15,19,35H,8-9,16-18,20H2,1-5H3,(H,30,33)(H,31,34)/b21-19+. The first-order valence-electron chi connectivity index (χ1n) is 12.5. The zero-order chi connectivity index (χ0) is 26.3. The normalized spacial score (nSPS) is 16.3. The first kappa shape index (κ1) is 27.4. The van der Waals surface area contributed by atoms with Crippen molar-refractivity contribution in [1.82, 2.24) is 4.90 Å². The van der Waals surface area contributed by atoms with Gasteiger partial charge in [0.25, 0.3) is 5.91 Å². The van der Waals surface area contributed by atoms with Gasteiger partial charge in [-0.2, -0.15) is 0 Å². The van der Waals surface area contributed by atoms with Crippen LogP contribution in [0.1, 0.15) is 69.8 Å². The van der Waals surface area contributed by atoms with E-state index in [-0.39, 0.29) is 5.91 Å². The summed E-state index contributed by atoms with van der Waals surface area (Å²) < 4.78 is 5.31. The van der Waals surface area contributed by atoms with Crippen LogP contribution in [0.3, 0.4) is 0 Å². The second-order valence-electron chi connectivity index (χ2n) is 11.0. The lowest BCUT2D eigenvalue weighted by atomic mass is 10.0. The number of β-amino-alcohol motifs (C(OH)–C–C–N with tert-alkyl or cyclic N) is 1. The third-order valence-electron chi connectivity index (χ3n) is 5.69. The number of ether oxygens (including phenoxy) is 1. The lowest BCUT2D eigenvalue weighted by Gasteiger charge is -2.27. The summed E-state index contributed by atoms with van der Waals surface area (Å²) in [7, 11) is 0. The minimum Gasteiger partial charge on any atom is -0.444 e. The van der Waals surface area contributed by atoms with Crippen LogP contribution in [0, 0.1) is 0 Å². The molecule has 0 aliphatic carbocycles. The van der Waals surface area contributed by atoms with Crippen LogP contribution in [0.4, 0.5) is 16.2 Å². The fraction of sp³-hybridized carbons (Fsp3) is 0.448. The Bertz CT molecular complexity index is 1080. The molecular formula is C29H39N3O4. The maximum Gasteiger partial charge on any atom is 0.412 e. The Kier molecular flexibility index (Phi) is 8.93. The van der Waals surface area contributed by atoms with Crippen molar-refractivity contribution in [1.29, 1.82) is 0 Å². The Hall–Kier alpha value is -3.16. The number of carbonyl (C=O) groups excluding carboxylic acids is 2. The molecule has 1 fully saturated rings. The minimum absolute atomic E-state index is 0.260.